The van der Waals surface area contributed by atoms with Gasteiger partial charge in [-0.2, -0.15) is 0 Å². The molecule has 0 aliphatic carbocycles. The Morgan fingerprint density at radius 1 is 1.17 bits per heavy atom. The Bertz CT molecular complexity index is 976. The summed E-state index contributed by atoms with van der Waals surface area (Å²) in [7, 11) is 3.08. The standard InChI is InChI=1S/C22H23ClN2O3S/c1-5-25-13(2)17(20(26)14-9-7-6-8-10-14)19(24-22(25)29)15-11-12-16(27-3)21(28-4)18(15)23/h6-12,19H,5H2,1-4H3,(H,24,29). The number of nitrogens with one attached hydrogen (secondary N) is 1. The first kappa shape index (κ1) is 21.1. The van der Waals surface area contributed by atoms with Gasteiger partial charge in [0.25, 0.3) is 0 Å². The van der Waals surface area contributed by atoms with Crippen molar-refractivity contribution < 1.29 is 14.3 Å². The van der Waals surface area contributed by atoms with Crippen LogP contribution < -0.4 is 14.8 Å². The highest BCUT2D eigenvalue weighted by Crippen LogP contribution is 2.43. The summed E-state index contributed by atoms with van der Waals surface area (Å²) in [5.41, 5.74) is 2.71. The molecule has 29 heavy (non-hydrogen) atoms. The molecule has 152 valence electrons. The lowest BCUT2D eigenvalue weighted by atomic mass is 9.89. The second-order valence-corrected chi connectivity index (χ2v) is 7.29. The summed E-state index contributed by atoms with van der Waals surface area (Å²) in [6.45, 7) is 4.55. The number of carbonyl (C=O) groups excluding carboxylic acids is 1. The molecule has 1 aliphatic rings. The molecule has 1 unspecified atom stereocenters. The van der Waals surface area contributed by atoms with Crippen molar-refractivity contribution in [1.29, 1.82) is 0 Å². The van der Waals surface area contributed by atoms with Crippen LogP contribution in [-0.4, -0.2) is 36.6 Å². The van der Waals surface area contributed by atoms with E-state index in [1.54, 1.807) is 25.3 Å². The molecule has 1 heterocycles. The molecule has 1 atom stereocenters. The van der Waals surface area contributed by atoms with Crippen LogP contribution in [0.2, 0.25) is 5.02 Å². The Hall–Kier alpha value is -2.57. The number of ether oxygens (including phenoxy) is 2. The van der Waals surface area contributed by atoms with Crippen LogP contribution in [0.5, 0.6) is 11.5 Å². The zero-order chi connectivity index (χ0) is 21.1. The topological polar surface area (TPSA) is 50.8 Å². The highest BCUT2D eigenvalue weighted by Gasteiger charge is 2.35. The van der Waals surface area contributed by atoms with E-state index in [9.17, 15) is 4.79 Å². The molecule has 0 radical (unpaired) electrons. The summed E-state index contributed by atoms with van der Waals surface area (Å²) in [5.74, 6) is 0.861. The SMILES string of the molecule is CCN1C(=S)NC(c2ccc(OC)c(OC)c2Cl)C(C(=O)c2ccccc2)=C1C. The molecular formula is C22H23ClN2O3S. The maximum Gasteiger partial charge on any atom is 0.193 e. The minimum atomic E-state index is -0.509. The van der Waals surface area contributed by atoms with E-state index < -0.39 is 6.04 Å². The van der Waals surface area contributed by atoms with Crippen LogP contribution in [0.3, 0.4) is 0 Å². The van der Waals surface area contributed by atoms with Gasteiger partial charge in [-0.25, -0.2) is 0 Å². The fourth-order valence-corrected chi connectivity index (χ4v) is 4.29. The number of Topliss-reactive ketones (excluding diaryl/α,β-unsaturated/α-hetero) is 1. The van der Waals surface area contributed by atoms with Gasteiger partial charge in [-0.15, -0.1) is 0 Å². The fourth-order valence-electron chi connectivity index (χ4n) is 3.56. The first-order chi connectivity index (χ1) is 13.9. The van der Waals surface area contributed by atoms with Crippen LogP contribution in [0.1, 0.15) is 35.8 Å². The van der Waals surface area contributed by atoms with Crippen molar-refractivity contribution in [1.82, 2.24) is 10.2 Å². The van der Waals surface area contributed by atoms with Crippen LogP contribution in [0.15, 0.2) is 53.7 Å². The van der Waals surface area contributed by atoms with Gasteiger partial charge in [-0.3, -0.25) is 4.79 Å². The number of ketones is 1. The monoisotopic (exact) mass is 430 g/mol. The van der Waals surface area contributed by atoms with Gasteiger partial charge in [0.05, 0.1) is 25.3 Å². The Morgan fingerprint density at radius 3 is 2.45 bits per heavy atom. The predicted molar refractivity (Wildman–Crippen MR) is 119 cm³/mol. The molecule has 0 amide bonds. The number of benzene rings is 2. The maximum absolute atomic E-state index is 13.5. The van der Waals surface area contributed by atoms with E-state index in [-0.39, 0.29) is 5.78 Å². The van der Waals surface area contributed by atoms with Crippen LogP contribution in [0.4, 0.5) is 0 Å². The molecule has 0 aromatic heterocycles. The molecule has 5 nitrogen and oxygen atoms in total. The molecule has 0 saturated carbocycles. The highest BCUT2D eigenvalue weighted by molar-refractivity contribution is 7.80. The van der Waals surface area contributed by atoms with Crippen molar-refractivity contribution in [2.24, 2.45) is 0 Å². The molecule has 2 aromatic carbocycles. The zero-order valence-electron chi connectivity index (χ0n) is 16.8. The first-order valence-electron chi connectivity index (χ1n) is 9.23. The predicted octanol–water partition coefficient (Wildman–Crippen LogP) is 4.77. The molecule has 1 aliphatic heterocycles. The van der Waals surface area contributed by atoms with Crippen molar-refractivity contribution >= 4 is 34.7 Å². The summed E-state index contributed by atoms with van der Waals surface area (Å²) in [6, 6.07) is 12.3. The molecular weight excluding hydrogens is 408 g/mol. The van der Waals surface area contributed by atoms with Crippen LogP contribution in [-0.2, 0) is 0 Å². The van der Waals surface area contributed by atoms with Crippen LogP contribution in [0.25, 0.3) is 0 Å². The number of rotatable bonds is 6. The summed E-state index contributed by atoms with van der Waals surface area (Å²) in [5, 5.41) is 4.22. The average Bonchev–Trinajstić information content (AvgIpc) is 2.73. The van der Waals surface area contributed by atoms with Gasteiger partial charge in [0.1, 0.15) is 0 Å². The Morgan fingerprint density at radius 2 is 1.86 bits per heavy atom. The quantitative estimate of drug-likeness (QED) is 0.526. The van der Waals surface area contributed by atoms with Gasteiger partial charge in [-0.1, -0.05) is 48.0 Å². The van der Waals surface area contributed by atoms with Crippen molar-refractivity contribution in [3.63, 3.8) is 0 Å². The molecule has 2 aromatic rings. The number of carbonyl (C=O) groups is 1. The van der Waals surface area contributed by atoms with Gasteiger partial charge in [0.15, 0.2) is 22.4 Å². The fraction of sp³-hybridized carbons (Fsp3) is 0.273. The molecule has 3 rings (SSSR count). The summed E-state index contributed by atoms with van der Waals surface area (Å²) in [4.78, 5) is 15.4. The van der Waals surface area contributed by atoms with E-state index in [0.717, 1.165) is 5.70 Å². The lowest BCUT2D eigenvalue weighted by Gasteiger charge is -2.38. The largest absolute Gasteiger partial charge is 0.493 e. The molecule has 7 heteroatoms. The van der Waals surface area contributed by atoms with Crippen molar-refractivity contribution in [3.05, 3.63) is 69.9 Å². The normalized spacial score (nSPS) is 16.5. The van der Waals surface area contributed by atoms with E-state index in [0.29, 0.717) is 44.9 Å². The molecule has 0 spiro atoms. The van der Waals surface area contributed by atoms with Crippen molar-refractivity contribution in [2.45, 2.75) is 19.9 Å². The number of nitrogens with zero attached hydrogens (tertiary/aromatic N) is 1. The maximum atomic E-state index is 13.5. The molecule has 0 bridgehead atoms. The lowest BCUT2D eigenvalue weighted by Crippen LogP contribution is -2.47. The number of hydrogen-bond acceptors (Lipinski definition) is 4. The van der Waals surface area contributed by atoms with Gasteiger partial charge in [0, 0.05) is 28.9 Å². The van der Waals surface area contributed by atoms with Gasteiger partial charge in [-0.05, 0) is 32.1 Å². The van der Waals surface area contributed by atoms with Gasteiger partial charge >= 0.3 is 0 Å². The average molecular weight is 431 g/mol. The Labute approximate surface area is 181 Å². The minimum absolute atomic E-state index is 0.0765. The van der Waals surface area contributed by atoms with Gasteiger partial charge in [0.2, 0.25) is 0 Å². The van der Waals surface area contributed by atoms with E-state index >= 15 is 0 Å². The van der Waals surface area contributed by atoms with Crippen LogP contribution >= 0.6 is 23.8 Å². The lowest BCUT2D eigenvalue weighted by molar-refractivity contribution is 0.102. The van der Waals surface area contributed by atoms with Crippen molar-refractivity contribution in [3.8, 4) is 11.5 Å². The molecule has 0 fully saturated rings. The van der Waals surface area contributed by atoms with Gasteiger partial charge < -0.3 is 19.7 Å². The zero-order valence-corrected chi connectivity index (χ0v) is 18.4. The summed E-state index contributed by atoms with van der Waals surface area (Å²) in [6.07, 6.45) is 0. The highest BCUT2D eigenvalue weighted by atomic mass is 35.5. The third kappa shape index (κ3) is 3.82. The first-order valence-corrected chi connectivity index (χ1v) is 10.0. The molecule has 1 N–H and O–H groups in total. The molecule has 0 saturated heterocycles. The second kappa shape index (κ2) is 8.84. The summed E-state index contributed by atoms with van der Waals surface area (Å²) >= 11 is 12.2. The third-order valence-electron chi connectivity index (χ3n) is 5.02. The third-order valence-corrected chi connectivity index (χ3v) is 5.75. The summed E-state index contributed by atoms with van der Waals surface area (Å²) < 4.78 is 10.8. The number of thiocarbonyl (C=S) groups is 1. The minimum Gasteiger partial charge on any atom is -0.493 e. The number of halogens is 1. The van der Waals surface area contributed by atoms with Crippen LogP contribution in [0, 0.1) is 0 Å². The van der Waals surface area contributed by atoms with E-state index in [1.807, 2.05) is 43.0 Å². The van der Waals surface area contributed by atoms with E-state index in [4.69, 9.17) is 33.3 Å². The Balaban J connectivity index is 2.20. The number of allylic oxidation sites excluding steroid dienone is 1. The van der Waals surface area contributed by atoms with E-state index in [1.165, 1.54) is 7.11 Å². The smallest absolute Gasteiger partial charge is 0.193 e. The number of hydrogen-bond donors (Lipinski definition) is 1. The second-order valence-electron chi connectivity index (χ2n) is 6.53. The number of methoxy groups -OCH3 is 2. The van der Waals surface area contributed by atoms with Crippen molar-refractivity contribution in [2.75, 3.05) is 20.8 Å². The Kier molecular flexibility index (Phi) is 6.45. The van der Waals surface area contributed by atoms with E-state index in [2.05, 4.69) is 5.32 Å².